The number of nitrogen functional groups attached to an aromatic ring is 1. The molecular formula is C17H12ClN5O. The summed E-state index contributed by atoms with van der Waals surface area (Å²) >= 11 is 6.20. The largest absolute Gasteiger partial charge is 0.399 e. The molecule has 24 heavy (non-hydrogen) atoms. The van der Waals surface area contributed by atoms with E-state index in [9.17, 15) is 4.79 Å². The topological polar surface area (TPSA) is 93.1 Å². The van der Waals surface area contributed by atoms with Crippen LogP contribution in [0, 0.1) is 5.92 Å². The number of ketones is 1. The number of azo groups is 1. The number of fused-ring (bicyclic) bond motifs is 2. The Morgan fingerprint density at radius 3 is 3.00 bits per heavy atom. The number of hydrogen-bond acceptors (Lipinski definition) is 6. The Kier molecular flexibility index (Phi) is 3.46. The number of nitrogens with zero attached hydrogens (tertiary/aromatic N) is 4. The molecule has 0 bridgehead atoms. The number of pyridine rings is 1. The first-order valence-corrected chi connectivity index (χ1v) is 7.73. The first-order chi connectivity index (χ1) is 11.6. The normalized spacial score (nSPS) is 18.3. The first-order valence-electron chi connectivity index (χ1n) is 7.35. The average Bonchev–Trinajstić information content (AvgIpc) is 2.99. The highest BCUT2D eigenvalue weighted by Gasteiger charge is 2.31. The Labute approximate surface area is 142 Å². The summed E-state index contributed by atoms with van der Waals surface area (Å²) in [6, 6.07) is 8.56. The fourth-order valence-electron chi connectivity index (χ4n) is 2.86. The van der Waals surface area contributed by atoms with Gasteiger partial charge < -0.3 is 5.73 Å². The molecule has 2 aliphatic heterocycles. The van der Waals surface area contributed by atoms with Gasteiger partial charge in [-0.1, -0.05) is 11.6 Å². The summed E-state index contributed by atoms with van der Waals surface area (Å²) in [5, 5.41) is 9.26. The van der Waals surface area contributed by atoms with E-state index in [0.29, 0.717) is 27.5 Å². The van der Waals surface area contributed by atoms with E-state index in [-0.39, 0.29) is 12.3 Å². The third-order valence-electron chi connectivity index (χ3n) is 4.04. The molecule has 1 aromatic carbocycles. The predicted octanol–water partition coefficient (Wildman–Crippen LogP) is 1.91. The minimum Gasteiger partial charge on any atom is -0.399 e. The van der Waals surface area contributed by atoms with Gasteiger partial charge >= 0.3 is 0 Å². The lowest BCUT2D eigenvalue weighted by molar-refractivity contribution is 0.0945. The molecule has 0 amide bonds. The van der Waals surface area contributed by atoms with Gasteiger partial charge in [-0.3, -0.25) is 9.79 Å². The molecule has 0 spiro atoms. The lowest BCUT2D eigenvalue weighted by atomic mass is 9.89. The molecule has 0 aliphatic carbocycles. The molecule has 118 valence electrons. The molecule has 2 aliphatic rings. The lowest BCUT2D eigenvalue weighted by Gasteiger charge is -2.15. The van der Waals surface area contributed by atoms with Crippen LogP contribution in [0.5, 0.6) is 0 Å². The zero-order valence-corrected chi connectivity index (χ0v) is 13.2. The summed E-state index contributed by atoms with van der Waals surface area (Å²) in [6.45, 7) is 0.268. The van der Waals surface area contributed by atoms with Gasteiger partial charge in [0, 0.05) is 28.2 Å². The summed E-state index contributed by atoms with van der Waals surface area (Å²) in [4.78, 5) is 21.8. The molecule has 6 nitrogen and oxygen atoms in total. The van der Waals surface area contributed by atoms with Crippen LogP contribution in [0.15, 0.2) is 63.5 Å². The van der Waals surface area contributed by atoms with Crippen LogP contribution < -0.4 is 16.4 Å². The first kappa shape index (κ1) is 14.7. The SMILES string of the molecule is Nc1ccc(C(=O)C2CN=c3ncccc3=C3N=NC=C32)c(Cl)c1. The molecule has 3 heterocycles. The summed E-state index contributed by atoms with van der Waals surface area (Å²) in [5.41, 5.74) is 8.58. The maximum Gasteiger partial charge on any atom is 0.173 e. The lowest BCUT2D eigenvalue weighted by Crippen LogP contribution is -2.29. The van der Waals surface area contributed by atoms with E-state index in [0.717, 1.165) is 10.8 Å². The Balaban J connectivity index is 1.84. The second-order valence-electron chi connectivity index (χ2n) is 5.52. The van der Waals surface area contributed by atoms with Crippen molar-refractivity contribution >= 4 is 28.8 Å². The molecule has 0 radical (unpaired) electrons. The summed E-state index contributed by atoms with van der Waals surface area (Å²) < 4.78 is 0. The molecule has 7 heteroatoms. The van der Waals surface area contributed by atoms with Crippen molar-refractivity contribution in [1.82, 2.24) is 4.98 Å². The Morgan fingerprint density at radius 1 is 1.29 bits per heavy atom. The van der Waals surface area contributed by atoms with Crippen LogP contribution in [-0.2, 0) is 0 Å². The Hall–Kier alpha value is -2.86. The highest BCUT2D eigenvalue weighted by Crippen LogP contribution is 2.32. The number of nitrogens with two attached hydrogens (primary N) is 1. The van der Waals surface area contributed by atoms with E-state index in [1.807, 2.05) is 12.1 Å². The van der Waals surface area contributed by atoms with Crippen molar-refractivity contribution in [2.45, 2.75) is 0 Å². The van der Waals surface area contributed by atoms with Crippen molar-refractivity contribution in [3.8, 4) is 0 Å². The number of hydrogen-bond donors (Lipinski definition) is 1. The van der Waals surface area contributed by atoms with E-state index in [2.05, 4.69) is 20.2 Å². The van der Waals surface area contributed by atoms with Crippen molar-refractivity contribution in [3.63, 3.8) is 0 Å². The number of benzene rings is 1. The van der Waals surface area contributed by atoms with Crippen LogP contribution in [0.25, 0.3) is 5.70 Å². The molecule has 0 saturated heterocycles. The van der Waals surface area contributed by atoms with E-state index in [4.69, 9.17) is 17.3 Å². The zero-order chi connectivity index (χ0) is 16.7. The molecule has 1 aromatic heterocycles. The van der Waals surface area contributed by atoms with Gasteiger partial charge in [-0.25, -0.2) is 4.98 Å². The fraction of sp³-hybridized carbons (Fsp3) is 0.118. The van der Waals surface area contributed by atoms with Crippen molar-refractivity contribution in [3.05, 3.63) is 69.6 Å². The Bertz CT molecular complexity index is 1040. The van der Waals surface area contributed by atoms with E-state index >= 15 is 0 Å². The van der Waals surface area contributed by atoms with Crippen LogP contribution in [0.3, 0.4) is 0 Å². The number of Topliss-reactive ketones (excluding diaryl/α,β-unsaturated/α-hetero) is 1. The third kappa shape index (κ3) is 2.32. The van der Waals surface area contributed by atoms with Gasteiger partial charge in [0.2, 0.25) is 0 Å². The second-order valence-corrected chi connectivity index (χ2v) is 5.93. The third-order valence-corrected chi connectivity index (χ3v) is 4.36. The van der Waals surface area contributed by atoms with Crippen LogP contribution in [0.1, 0.15) is 10.4 Å². The smallest absolute Gasteiger partial charge is 0.173 e. The monoisotopic (exact) mass is 337 g/mol. The summed E-state index contributed by atoms with van der Waals surface area (Å²) in [6.07, 6.45) is 3.28. The van der Waals surface area contributed by atoms with Gasteiger partial charge in [-0.05, 0) is 30.3 Å². The highest BCUT2D eigenvalue weighted by molar-refractivity contribution is 6.34. The predicted molar refractivity (Wildman–Crippen MR) is 89.9 cm³/mol. The molecule has 4 rings (SSSR count). The molecule has 0 saturated carbocycles. The average molecular weight is 338 g/mol. The molecular weight excluding hydrogens is 326 g/mol. The second kappa shape index (κ2) is 5.65. The van der Waals surface area contributed by atoms with E-state index in [1.165, 1.54) is 0 Å². The minimum atomic E-state index is -0.509. The van der Waals surface area contributed by atoms with E-state index in [1.54, 1.807) is 30.6 Å². The van der Waals surface area contributed by atoms with Crippen LogP contribution >= 0.6 is 11.6 Å². The number of carbonyl (C=O) groups excluding carboxylic acids is 1. The summed E-state index contributed by atoms with van der Waals surface area (Å²) in [7, 11) is 0. The van der Waals surface area contributed by atoms with Gasteiger partial charge in [0.15, 0.2) is 11.3 Å². The quantitative estimate of drug-likeness (QED) is 0.670. The fourth-order valence-corrected chi connectivity index (χ4v) is 3.14. The maximum absolute atomic E-state index is 13.0. The maximum atomic E-state index is 13.0. The van der Waals surface area contributed by atoms with Gasteiger partial charge in [-0.15, -0.1) is 0 Å². The van der Waals surface area contributed by atoms with Crippen molar-refractivity contribution in [2.75, 3.05) is 12.3 Å². The number of carbonyl (C=O) groups is 1. The highest BCUT2D eigenvalue weighted by atomic mass is 35.5. The van der Waals surface area contributed by atoms with Crippen molar-refractivity contribution < 1.29 is 4.79 Å². The van der Waals surface area contributed by atoms with Crippen LogP contribution in [0.4, 0.5) is 5.69 Å². The molecule has 2 N–H and O–H groups in total. The molecule has 2 aromatic rings. The van der Waals surface area contributed by atoms with Gasteiger partial charge in [-0.2, -0.15) is 10.2 Å². The van der Waals surface area contributed by atoms with Crippen LogP contribution in [-0.4, -0.2) is 17.3 Å². The van der Waals surface area contributed by atoms with Crippen molar-refractivity contribution in [2.24, 2.45) is 21.1 Å². The van der Waals surface area contributed by atoms with E-state index < -0.39 is 5.92 Å². The standard InChI is InChI=1S/C17H12ClN5O/c18-14-6-9(19)3-4-10(14)16(24)13-7-21-17-11(2-1-5-20-17)15-12(13)8-22-23-15/h1-6,8,13H,7,19H2. The minimum absolute atomic E-state index is 0.132. The zero-order valence-electron chi connectivity index (χ0n) is 12.5. The molecule has 0 fully saturated rings. The number of anilines is 1. The number of aromatic nitrogens is 1. The van der Waals surface area contributed by atoms with Crippen molar-refractivity contribution in [1.29, 1.82) is 0 Å². The van der Waals surface area contributed by atoms with Gasteiger partial charge in [0.25, 0.3) is 0 Å². The molecule has 1 unspecified atom stereocenters. The van der Waals surface area contributed by atoms with Gasteiger partial charge in [0.1, 0.15) is 5.70 Å². The van der Waals surface area contributed by atoms with Gasteiger partial charge in [0.05, 0.1) is 23.7 Å². The number of halogens is 1. The van der Waals surface area contributed by atoms with Crippen LogP contribution in [0.2, 0.25) is 5.02 Å². The summed E-state index contributed by atoms with van der Waals surface area (Å²) in [5.74, 6) is -0.641. The Morgan fingerprint density at radius 2 is 2.17 bits per heavy atom. The number of rotatable bonds is 2. The molecule has 1 atom stereocenters.